The van der Waals surface area contributed by atoms with Crippen molar-refractivity contribution >= 4 is 13.5 Å². The molecule has 0 radical (unpaired) electrons. The van der Waals surface area contributed by atoms with Crippen LogP contribution in [0.2, 0.25) is 0 Å². The van der Waals surface area contributed by atoms with Crippen molar-refractivity contribution in [3.05, 3.63) is 53.4 Å². The number of carbonyl (C=O) groups is 1. The van der Waals surface area contributed by atoms with Gasteiger partial charge < -0.3 is 25.1 Å². The molecule has 0 aromatic heterocycles. The van der Waals surface area contributed by atoms with E-state index in [9.17, 15) is 24.7 Å². The van der Waals surface area contributed by atoms with Crippen LogP contribution >= 0.6 is 7.75 Å². The maximum absolute atomic E-state index is 12.1. The van der Waals surface area contributed by atoms with Gasteiger partial charge in [0.2, 0.25) is 0 Å². The van der Waals surface area contributed by atoms with E-state index in [1.807, 2.05) is 5.09 Å². The van der Waals surface area contributed by atoms with Gasteiger partial charge in [0.1, 0.15) is 11.5 Å². The van der Waals surface area contributed by atoms with Crippen LogP contribution in [0.3, 0.4) is 0 Å². The molecular formula is C16H20NO7P. The summed E-state index contributed by atoms with van der Waals surface area (Å²) in [5, 5.41) is 30.9. The summed E-state index contributed by atoms with van der Waals surface area (Å²) in [7, 11) is -4.69. The SMILES string of the molecule is O=C1C=C(O)C=C(NP(=O)(O)O)C1C(O)CCCc1ccc(O)cc1. The van der Waals surface area contributed by atoms with E-state index in [1.54, 1.807) is 24.3 Å². The summed E-state index contributed by atoms with van der Waals surface area (Å²) < 4.78 is 11.1. The topological polar surface area (TPSA) is 147 Å². The molecule has 25 heavy (non-hydrogen) atoms. The minimum atomic E-state index is -4.69. The molecule has 0 fully saturated rings. The summed E-state index contributed by atoms with van der Waals surface area (Å²) in [5.41, 5.74) is 0.733. The molecule has 2 unspecified atom stereocenters. The average molecular weight is 369 g/mol. The largest absolute Gasteiger partial charge is 0.508 e. The number of benzene rings is 1. The van der Waals surface area contributed by atoms with Crippen LogP contribution in [-0.4, -0.2) is 37.0 Å². The Morgan fingerprint density at radius 1 is 1.12 bits per heavy atom. The van der Waals surface area contributed by atoms with Gasteiger partial charge in [0.15, 0.2) is 5.78 Å². The zero-order valence-corrected chi connectivity index (χ0v) is 14.1. The Morgan fingerprint density at radius 2 is 1.76 bits per heavy atom. The summed E-state index contributed by atoms with van der Waals surface area (Å²) in [5.74, 6) is -2.09. The van der Waals surface area contributed by atoms with Crippen LogP contribution < -0.4 is 5.09 Å². The van der Waals surface area contributed by atoms with Crippen molar-refractivity contribution in [1.29, 1.82) is 0 Å². The predicted molar refractivity (Wildman–Crippen MR) is 89.5 cm³/mol. The van der Waals surface area contributed by atoms with Crippen LogP contribution in [-0.2, 0) is 15.8 Å². The minimum Gasteiger partial charge on any atom is -0.508 e. The molecule has 1 aliphatic carbocycles. The van der Waals surface area contributed by atoms with Crippen molar-refractivity contribution in [2.75, 3.05) is 0 Å². The van der Waals surface area contributed by atoms with E-state index in [-0.39, 0.29) is 17.9 Å². The first-order valence-corrected chi connectivity index (χ1v) is 9.23. The van der Waals surface area contributed by atoms with Gasteiger partial charge in [0.05, 0.1) is 12.0 Å². The molecule has 1 aromatic rings. The van der Waals surface area contributed by atoms with Crippen molar-refractivity contribution in [3.63, 3.8) is 0 Å². The predicted octanol–water partition coefficient (Wildman–Crippen LogP) is 1.28. The van der Waals surface area contributed by atoms with Crippen LogP contribution in [0, 0.1) is 5.92 Å². The third-order valence-corrected chi connectivity index (χ3v) is 4.35. The first kappa shape index (κ1) is 19.2. The molecule has 9 heteroatoms. The Labute approximate surface area is 144 Å². The highest BCUT2D eigenvalue weighted by Gasteiger charge is 2.34. The minimum absolute atomic E-state index is 0.154. The number of allylic oxidation sites excluding steroid dienone is 2. The zero-order chi connectivity index (χ0) is 18.6. The number of aliphatic hydroxyl groups is 2. The first-order chi connectivity index (χ1) is 11.7. The monoisotopic (exact) mass is 369 g/mol. The van der Waals surface area contributed by atoms with Crippen molar-refractivity contribution in [2.45, 2.75) is 25.4 Å². The van der Waals surface area contributed by atoms with Gasteiger partial charge in [-0.1, -0.05) is 12.1 Å². The van der Waals surface area contributed by atoms with E-state index in [0.29, 0.717) is 12.8 Å². The molecule has 1 aliphatic rings. The van der Waals surface area contributed by atoms with Gasteiger partial charge in [-0.3, -0.25) is 9.88 Å². The smallest absolute Gasteiger partial charge is 0.427 e. The van der Waals surface area contributed by atoms with Crippen LogP contribution in [0.5, 0.6) is 5.75 Å². The molecular weight excluding hydrogens is 349 g/mol. The van der Waals surface area contributed by atoms with Gasteiger partial charge in [-0.25, -0.2) is 4.57 Å². The highest BCUT2D eigenvalue weighted by molar-refractivity contribution is 7.49. The Balaban J connectivity index is 2.01. The standard InChI is InChI=1S/C16H20NO7P/c18-11-6-4-10(5-7-11)2-1-3-14(20)16-13(17-25(22,23)24)8-12(19)9-15(16)21/h4-9,14,16,18-20H,1-3H2,(H3,17,22,23,24). The van der Waals surface area contributed by atoms with Crippen LogP contribution in [0.1, 0.15) is 18.4 Å². The number of aliphatic hydroxyl groups excluding tert-OH is 2. The van der Waals surface area contributed by atoms with Crippen LogP contribution in [0.25, 0.3) is 0 Å². The number of hydrogen-bond donors (Lipinski definition) is 6. The Morgan fingerprint density at radius 3 is 2.36 bits per heavy atom. The number of ketones is 1. The maximum atomic E-state index is 12.1. The van der Waals surface area contributed by atoms with Gasteiger partial charge >= 0.3 is 7.75 Å². The zero-order valence-electron chi connectivity index (χ0n) is 13.2. The average Bonchev–Trinajstić information content (AvgIpc) is 2.46. The molecule has 1 aromatic carbocycles. The van der Waals surface area contributed by atoms with Crippen molar-refractivity contribution < 1.29 is 34.5 Å². The fourth-order valence-corrected chi connectivity index (χ4v) is 3.23. The van der Waals surface area contributed by atoms with Gasteiger partial charge in [0, 0.05) is 17.8 Å². The lowest BCUT2D eigenvalue weighted by molar-refractivity contribution is -0.120. The van der Waals surface area contributed by atoms with Gasteiger partial charge in [0.25, 0.3) is 0 Å². The lowest BCUT2D eigenvalue weighted by atomic mass is 9.87. The molecule has 0 spiro atoms. The van der Waals surface area contributed by atoms with E-state index >= 15 is 0 Å². The lowest BCUT2D eigenvalue weighted by Crippen LogP contribution is -2.35. The molecule has 0 bridgehead atoms. The van der Waals surface area contributed by atoms with Gasteiger partial charge in [-0.2, -0.15) is 0 Å². The molecule has 0 aliphatic heterocycles. The Kier molecular flexibility index (Phi) is 6.02. The number of phenols is 1. The summed E-state index contributed by atoms with van der Waals surface area (Å²) in [4.78, 5) is 30.1. The third kappa shape index (κ3) is 5.72. The van der Waals surface area contributed by atoms with Crippen LogP contribution in [0.15, 0.2) is 47.9 Å². The fourth-order valence-electron chi connectivity index (χ4n) is 2.69. The summed E-state index contributed by atoms with van der Waals surface area (Å²) in [6.07, 6.45) is 2.11. The maximum Gasteiger partial charge on any atom is 0.427 e. The van der Waals surface area contributed by atoms with E-state index in [4.69, 9.17) is 9.79 Å². The van der Waals surface area contributed by atoms with E-state index in [2.05, 4.69) is 0 Å². The second-order valence-corrected chi connectivity index (χ2v) is 7.14. The summed E-state index contributed by atoms with van der Waals surface area (Å²) in [6.45, 7) is 0. The second-order valence-electron chi connectivity index (χ2n) is 5.83. The molecule has 2 rings (SSSR count). The fraction of sp³-hybridized carbons (Fsp3) is 0.312. The highest BCUT2D eigenvalue weighted by atomic mass is 31.2. The molecule has 136 valence electrons. The van der Waals surface area contributed by atoms with Crippen molar-refractivity contribution in [2.24, 2.45) is 5.92 Å². The quantitative estimate of drug-likeness (QED) is 0.394. The summed E-state index contributed by atoms with van der Waals surface area (Å²) in [6, 6.07) is 6.59. The first-order valence-electron chi connectivity index (χ1n) is 7.61. The van der Waals surface area contributed by atoms with E-state index in [1.165, 1.54) is 0 Å². The molecule has 0 saturated heterocycles. The normalized spacial score (nSPS) is 19.2. The van der Waals surface area contributed by atoms with Crippen molar-refractivity contribution in [1.82, 2.24) is 5.09 Å². The number of rotatable bonds is 7. The Bertz CT molecular complexity index is 735. The molecule has 0 amide bonds. The second kappa shape index (κ2) is 7.84. The molecule has 2 atom stereocenters. The highest BCUT2D eigenvalue weighted by Crippen LogP contribution is 2.35. The third-order valence-electron chi connectivity index (χ3n) is 3.80. The molecule has 0 heterocycles. The number of nitrogens with one attached hydrogen (secondary N) is 1. The number of aromatic hydroxyl groups is 1. The molecule has 0 saturated carbocycles. The molecule has 8 nitrogen and oxygen atoms in total. The Hall–Kier alpha value is -2.12. The van der Waals surface area contributed by atoms with E-state index in [0.717, 1.165) is 17.7 Å². The van der Waals surface area contributed by atoms with E-state index < -0.39 is 31.3 Å². The lowest BCUT2D eigenvalue weighted by Gasteiger charge is -2.27. The number of hydrogen-bond acceptors (Lipinski definition) is 5. The number of aryl methyl sites for hydroxylation is 1. The number of phenolic OH excluding ortho intramolecular Hbond substituents is 1. The van der Waals surface area contributed by atoms with Crippen molar-refractivity contribution in [3.8, 4) is 5.75 Å². The molecule has 6 N–H and O–H groups in total. The van der Waals surface area contributed by atoms with Gasteiger partial charge in [-0.05, 0) is 37.0 Å². The van der Waals surface area contributed by atoms with Crippen LogP contribution in [0.4, 0.5) is 0 Å². The number of carbonyl (C=O) groups excluding carboxylic acids is 1. The summed E-state index contributed by atoms with van der Waals surface area (Å²) >= 11 is 0. The van der Waals surface area contributed by atoms with Gasteiger partial charge in [-0.15, -0.1) is 0 Å².